The second kappa shape index (κ2) is 10.4. The Labute approximate surface area is 178 Å². The monoisotopic (exact) mass is 452 g/mol. The van der Waals surface area contributed by atoms with Gasteiger partial charge in [0.05, 0.1) is 5.56 Å². The molecule has 1 heterocycles. The van der Waals surface area contributed by atoms with Crippen LogP contribution in [-0.4, -0.2) is 41.5 Å². The fraction of sp³-hybridized carbons (Fsp3) is 0.158. The second-order valence-corrected chi connectivity index (χ2v) is 6.36. The molecular weight excluding hydrogens is 437 g/mol. The minimum atomic E-state index is -2.95. The van der Waals surface area contributed by atoms with Gasteiger partial charge in [-0.25, -0.2) is 4.39 Å². The zero-order valence-electron chi connectivity index (χ0n) is 15.9. The standard InChI is InChI=1S/C19H15F3N4O4S/c1-23-17(27)15(25-28-10-20)13-7-2-3-8-14(13)30-19-24-16(26-31-19)11-5-4-6-12(9-11)29-18(21)22/h2-9,18H,10H2,1H3,(H,23,27). The second-order valence-electron chi connectivity index (χ2n) is 5.65. The first kappa shape index (κ1) is 22.0. The van der Waals surface area contributed by atoms with Gasteiger partial charge >= 0.3 is 6.61 Å². The molecular formula is C19H15F3N4O4S. The molecule has 2 aromatic carbocycles. The fourth-order valence-corrected chi connectivity index (χ4v) is 3.01. The van der Waals surface area contributed by atoms with Gasteiger partial charge in [0.25, 0.3) is 18.0 Å². The molecule has 1 aromatic heterocycles. The molecule has 0 bridgehead atoms. The van der Waals surface area contributed by atoms with Gasteiger partial charge in [-0.2, -0.15) is 18.1 Å². The van der Waals surface area contributed by atoms with Gasteiger partial charge in [-0.15, -0.1) is 0 Å². The van der Waals surface area contributed by atoms with Crippen molar-refractivity contribution in [2.75, 3.05) is 13.9 Å². The number of carbonyl (C=O) groups is 1. The Kier molecular flexibility index (Phi) is 7.38. The summed E-state index contributed by atoms with van der Waals surface area (Å²) < 4.78 is 51.5. The zero-order valence-corrected chi connectivity index (χ0v) is 16.7. The molecule has 0 spiro atoms. The Hall–Kier alpha value is -3.67. The third-order valence-electron chi connectivity index (χ3n) is 3.71. The summed E-state index contributed by atoms with van der Waals surface area (Å²) in [4.78, 5) is 20.8. The van der Waals surface area contributed by atoms with E-state index >= 15 is 0 Å². The maximum atomic E-state index is 12.4. The van der Waals surface area contributed by atoms with Crippen molar-refractivity contribution in [3.05, 3.63) is 54.1 Å². The van der Waals surface area contributed by atoms with E-state index in [4.69, 9.17) is 4.74 Å². The van der Waals surface area contributed by atoms with Gasteiger partial charge in [-0.05, 0) is 24.3 Å². The number of carbonyl (C=O) groups excluding carboxylic acids is 1. The van der Waals surface area contributed by atoms with Crippen molar-refractivity contribution >= 4 is 23.2 Å². The molecule has 8 nitrogen and oxygen atoms in total. The summed E-state index contributed by atoms with van der Waals surface area (Å²) in [6.45, 7) is -4.16. The normalized spacial score (nSPS) is 11.3. The van der Waals surface area contributed by atoms with Crippen LogP contribution in [0, 0.1) is 0 Å². The van der Waals surface area contributed by atoms with Crippen LogP contribution in [0.5, 0.6) is 16.7 Å². The number of para-hydroxylation sites is 1. The van der Waals surface area contributed by atoms with Crippen LogP contribution in [0.3, 0.4) is 0 Å². The Morgan fingerprint density at radius 1 is 1.23 bits per heavy atom. The Balaban J connectivity index is 1.87. The van der Waals surface area contributed by atoms with Crippen LogP contribution < -0.4 is 14.8 Å². The lowest BCUT2D eigenvalue weighted by molar-refractivity contribution is -0.114. The average molecular weight is 452 g/mol. The van der Waals surface area contributed by atoms with E-state index in [9.17, 15) is 18.0 Å². The lowest BCUT2D eigenvalue weighted by atomic mass is 10.1. The highest BCUT2D eigenvalue weighted by Gasteiger charge is 2.20. The minimum Gasteiger partial charge on any atom is -0.435 e. The lowest BCUT2D eigenvalue weighted by Crippen LogP contribution is -2.29. The number of rotatable bonds is 9. The van der Waals surface area contributed by atoms with Crippen molar-refractivity contribution in [2.24, 2.45) is 5.16 Å². The molecule has 0 aliphatic heterocycles. The molecule has 0 radical (unpaired) electrons. The molecule has 162 valence electrons. The van der Waals surface area contributed by atoms with Crippen molar-refractivity contribution < 1.29 is 32.3 Å². The van der Waals surface area contributed by atoms with Gasteiger partial charge in [0, 0.05) is 24.1 Å². The number of amides is 1. The Morgan fingerprint density at radius 3 is 2.77 bits per heavy atom. The summed E-state index contributed by atoms with van der Waals surface area (Å²) in [7, 11) is 1.39. The number of likely N-dealkylation sites (N-methyl/N-ethyl adjacent to an activating group) is 1. The van der Waals surface area contributed by atoms with Crippen LogP contribution in [0.15, 0.2) is 53.7 Å². The van der Waals surface area contributed by atoms with E-state index in [0.717, 1.165) is 11.5 Å². The molecule has 0 saturated heterocycles. The highest BCUT2D eigenvalue weighted by Crippen LogP contribution is 2.31. The number of benzene rings is 2. The van der Waals surface area contributed by atoms with E-state index in [1.807, 2.05) is 0 Å². The van der Waals surface area contributed by atoms with Crippen molar-refractivity contribution in [2.45, 2.75) is 6.61 Å². The number of nitrogens with zero attached hydrogens (tertiary/aromatic N) is 3. The highest BCUT2D eigenvalue weighted by molar-refractivity contribution is 7.07. The number of ether oxygens (including phenoxy) is 2. The summed E-state index contributed by atoms with van der Waals surface area (Å²) in [5, 5.41) is 6.02. The molecule has 3 rings (SSSR count). The van der Waals surface area contributed by atoms with E-state index in [-0.39, 0.29) is 33.8 Å². The van der Waals surface area contributed by atoms with Gasteiger partial charge in [0.2, 0.25) is 0 Å². The number of oxime groups is 1. The zero-order chi connectivity index (χ0) is 22.2. The summed E-state index contributed by atoms with van der Waals surface area (Å²) in [5.41, 5.74) is 0.484. The van der Waals surface area contributed by atoms with Crippen LogP contribution in [-0.2, 0) is 9.63 Å². The van der Waals surface area contributed by atoms with Crippen molar-refractivity contribution in [3.63, 3.8) is 0 Å². The van der Waals surface area contributed by atoms with Gasteiger partial charge in [0.1, 0.15) is 11.5 Å². The van der Waals surface area contributed by atoms with E-state index in [2.05, 4.69) is 29.4 Å². The molecule has 0 unspecified atom stereocenters. The van der Waals surface area contributed by atoms with Gasteiger partial charge in [-0.3, -0.25) is 4.79 Å². The predicted octanol–water partition coefficient (Wildman–Crippen LogP) is 3.99. The summed E-state index contributed by atoms with van der Waals surface area (Å²) in [6.07, 6.45) is 0. The third kappa shape index (κ3) is 5.69. The van der Waals surface area contributed by atoms with Crippen LogP contribution in [0.1, 0.15) is 5.56 Å². The highest BCUT2D eigenvalue weighted by atomic mass is 32.1. The molecule has 0 fully saturated rings. The smallest absolute Gasteiger partial charge is 0.387 e. The van der Waals surface area contributed by atoms with E-state index in [1.54, 1.807) is 24.3 Å². The molecule has 3 aromatic rings. The lowest BCUT2D eigenvalue weighted by Gasteiger charge is -2.10. The first-order valence-electron chi connectivity index (χ1n) is 8.66. The topological polar surface area (TPSA) is 94.9 Å². The maximum Gasteiger partial charge on any atom is 0.387 e. The first-order valence-corrected chi connectivity index (χ1v) is 9.43. The molecule has 1 N–H and O–H groups in total. The largest absolute Gasteiger partial charge is 0.435 e. The fourth-order valence-electron chi connectivity index (χ4n) is 2.45. The van der Waals surface area contributed by atoms with Crippen molar-refractivity contribution in [1.82, 2.24) is 14.7 Å². The number of hydrogen-bond donors (Lipinski definition) is 1. The summed E-state index contributed by atoms with van der Waals surface area (Å²) >= 11 is 0.907. The van der Waals surface area contributed by atoms with E-state index in [1.165, 1.54) is 31.3 Å². The number of aromatic nitrogens is 2. The molecule has 0 aliphatic carbocycles. The molecule has 31 heavy (non-hydrogen) atoms. The molecule has 0 aliphatic rings. The summed E-state index contributed by atoms with van der Waals surface area (Å²) in [5.74, 6) is -0.212. The first-order chi connectivity index (χ1) is 15.0. The minimum absolute atomic E-state index is 0.0330. The quantitative estimate of drug-likeness (QED) is 0.390. The van der Waals surface area contributed by atoms with E-state index in [0.29, 0.717) is 5.56 Å². The predicted molar refractivity (Wildman–Crippen MR) is 106 cm³/mol. The van der Waals surface area contributed by atoms with Gasteiger partial charge < -0.3 is 19.6 Å². The van der Waals surface area contributed by atoms with Gasteiger partial charge in [0.15, 0.2) is 11.5 Å². The Bertz CT molecular complexity index is 1080. The maximum absolute atomic E-state index is 12.4. The van der Waals surface area contributed by atoms with Crippen LogP contribution >= 0.6 is 11.5 Å². The summed E-state index contributed by atoms with van der Waals surface area (Å²) in [6, 6.07) is 12.3. The number of alkyl halides is 3. The number of nitrogens with one attached hydrogen (secondary N) is 1. The molecule has 12 heteroatoms. The third-order valence-corrected chi connectivity index (χ3v) is 4.31. The Morgan fingerprint density at radius 2 is 2.03 bits per heavy atom. The molecule has 1 amide bonds. The number of halogens is 3. The van der Waals surface area contributed by atoms with Gasteiger partial charge in [-0.1, -0.05) is 29.4 Å². The average Bonchev–Trinajstić information content (AvgIpc) is 3.23. The SMILES string of the molecule is CNC(=O)C(=NOCF)c1ccccc1Oc1nc(-c2cccc(OC(F)F)c2)ns1. The van der Waals surface area contributed by atoms with Crippen molar-refractivity contribution in [3.8, 4) is 28.1 Å². The number of hydrogen-bond acceptors (Lipinski definition) is 8. The molecule has 0 atom stereocenters. The van der Waals surface area contributed by atoms with Crippen LogP contribution in [0.4, 0.5) is 13.2 Å². The van der Waals surface area contributed by atoms with Crippen LogP contribution in [0.2, 0.25) is 0 Å². The van der Waals surface area contributed by atoms with E-state index < -0.39 is 19.4 Å². The van der Waals surface area contributed by atoms with Crippen LogP contribution in [0.25, 0.3) is 11.4 Å². The molecule has 0 saturated carbocycles. The van der Waals surface area contributed by atoms with Crippen molar-refractivity contribution in [1.29, 1.82) is 0 Å².